The minimum Gasteiger partial charge on any atom is -0.496 e. The zero-order chi connectivity index (χ0) is 20.5. The number of hydrogen-bond acceptors (Lipinski definition) is 5. The lowest BCUT2D eigenvalue weighted by molar-refractivity contribution is 0.0967. The van der Waals surface area contributed by atoms with Crippen LogP contribution in [0.5, 0.6) is 5.75 Å². The number of carbonyl (C=O) groups is 1. The van der Waals surface area contributed by atoms with E-state index >= 15 is 0 Å². The van der Waals surface area contributed by atoms with E-state index in [-0.39, 0.29) is 23.4 Å². The first kappa shape index (κ1) is 19.0. The number of Topliss-reactive ketones (excluding diaryl/α,β-unsaturated/α-hetero) is 1. The summed E-state index contributed by atoms with van der Waals surface area (Å²) < 4.78 is 20.0. The molecular weight excluding hydrogens is 391 g/mol. The highest BCUT2D eigenvalue weighted by molar-refractivity contribution is 7.19. The van der Waals surface area contributed by atoms with Gasteiger partial charge in [-0.3, -0.25) is 14.2 Å². The van der Waals surface area contributed by atoms with Gasteiger partial charge in [-0.2, -0.15) is 0 Å². The van der Waals surface area contributed by atoms with Crippen LogP contribution in [0.15, 0.2) is 59.7 Å². The summed E-state index contributed by atoms with van der Waals surface area (Å²) in [4.78, 5) is 31.9. The number of carbonyl (C=O) groups excluding carboxylic acids is 1. The van der Waals surface area contributed by atoms with Gasteiger partial charge in [0.25, 0.3) is 5.56 Å². The van der Waals surface area contributed by atoms with Crippen molar-refractivity contribution in [3.63, 3.8) is 0 Å². The first-order chi connectivity index (χ1) is 14.0. The monoisotopic (exact) mass is 408 g/mol. The lowest BCUT2D eigenvalue weighted by atomic mass is 10.0. The third-order valence-corrected chi connectivity index (χ3v) is 5.71. The van der Waals surface area contributed by atoms with E-state index in [9.17, 15) is 14.0 Å². The van der Waals surface area contributed by atoms with Gasteiger partial charge in [-0.15, -0.1) is 11.3 Å². The number of hydrogen-bond donors (Lipinski definition) is 0. The molecule has 2 heterocycles. The summed E-state index contributed by atoms with van der Waals surface area (Å²) in [5.74, 6) is -0.720. The van der Waals surface area contributed by atoms with Gasteiger partial charge in [0.15, 0.2) is 5.78 Å². The molecular formula is C22H17FN2O3S. The summed E-state index contributed by atoms with van der Waals surface area (Å²) in [7, 11) is 1.41. The van der Waals surface area contributed by atoms with Crippen molar-refractivity contribution in [3.8, 4) is 16.9 Å². The molecule has 5 nitrogen and oxygen atoms in total. The van der Waals surface area contributed by atoms with Gasteiger partial charge in [0, 0.05) is 10.4 Å². The molecule has 0 bridgehead atoms. The Morgan fingerprint density at radius 2 is 1.97 bits per heavy atom. The number of thiophene rings is 1. The van der Waals surface area contributed by atoms with Crippen LogP contribution < -0.4 is 10.3 Å². The molecule has 0 aliphatic heterocycles. The maximum Gasteiger partial charge on any atom is 0.263 e. The molecule has 0 amide bonds. The van der Waals surface area contributed by atoms with Crippen molar-refractivity contribution in [2.24, 2.45) is 0 Å². The second-order valence-corrected chi connectivity index (χ2v) is 7.73. The summed E-state index contributed by atoms with van der Waals surface area (Å²) in [5, 5.41) is 0.486. The second-order valence-electron chi connectivity index (χ2n) is 6.52. The maximum absolute atomic E-state index is 13.6. The second kappa shape index (κ2) is 7.60. The molecule has 0 saturated heterocycles. The highest BCUT2D eigenvalue weighted by atomic mass is 32.1. The molecule has 2 aromatic heterocycles. The van der Waals surface area contributed by atoms with Crippen LogP contribution in [0.3, 0.4) is 0 Å². The van der Waals surface area contributed by atoms with E-state index in [0.29, 0.717) is 10.2 Å². The van der Waals surface area contributed by atoms with Crippen LogP contribution in [0, 0.1) is 12.7 Å². The number of nitrogens with zero attached hydrogens (tertiary/aromatic N) is 2. The van der Waals surface area contributed by atoms with Crippen LogP contribution in [0.25, 0.3) is 21.3 Å². The Bertz CT molecular complexity index is 1280. The van der Waals surface area contributed by atoms with Gasteiger partial charge in [0.05, 0.1) is 30.9 Å². The Labute approximate surface area is 170 Å². The predicted octanol–water partition coefficient (Wildman–Crippen LogP) is 4.46. The molecule has 0 spiro atoms. The standard InChI is InChI=1S/C22H17FN2O3S/c1-13-19(14-6-4-3-5-7-14)20-21(29-13)24-12-25(22(20)27)11-17(26)16-10-15(23)8-9-18(16)28-2/h3-10,12H,11H2,1-2H3. The van der Waals surface area contributed by atoms with Crippen molar-refractivity contribution in [1.29, 1.82) is 0 Å². The number of aryl methyl sites for hydroxylation is 1. The molecule has 29 heavy (non-hydrogen) atoms. The normalized spacial score (nSPS) is 11.0. The molecule has 7 heteroatoms. The van der Waals surface area contributed by atoms with Crippen LogP contribution in [0.2, 0.25) is 0 Å². The number of aromatic nitrogens is 2. The van der Waals surface area contributed by atoms with Crippen LogP contribution in [0.4, 0.5) is 4.39 Å². The first-order valence-electron chi connectivity index (χ1n) is 8.90. The lowest BCUT2D eigenvalue weighted by Crippen LogP contribution is -2.25. The van der Waals surface area contributed by atoms with Crippen LogP contribution in [0.1, 0.15) is 15.2 Å². The van der Waals surface area contributed by atoms with Crippen molar-refractivity contribution in [1.82, 2.24) is 9.55 Å². The number of rotatable bonds is 5. The summed E-state index contributed by atoms with van der Waals surface area (Å²) in [5.41, 5.74) is 1.53. The Kier molecular flexibility index (Phi) is 4.98. The third-order valence-electron chi connectivity index (χ3n) is 4.69. The van der Waals surface area contributed by atoms with E-state index in [4.69, 9.17) is 4.74 Å². The minimum absolute atomic E-state index is 0.0873. The molecule has 0 fully saturated rings. The summed E-state index contributed by atoms with van der Waals surface area (Å²) in [6.07, 6.45) is 1.36. The maximum atomic E-state index is 13.6. The van der Waals surface area contributed by atoms with Crippen LogP contribution in [-0.4, -0.2) is 22.4 Å². The van der Waals surface area contributed by atoms with E-state index in [1.165, 1.54) is 41.5 Å². The van der Waals surface area contributed by atoms with Gasteiger partial charge >= 0.3 is 0 Å². The fourth-order valence-electron chi connectivity index (χ4n) is 3.34. The molecule has 0 N–H and O–H groups in total. The number of ether oxygens (including phenoxy) is 1. The van der Waals surface area contributed by atoms with Gasteiger partial charge in [0.1, 0.15) is 16.4 Å². The van der Waals surface area contributed by atoms with Crippen LogP contribution in [-0.2, 0) is 6.54 Å². The molecule has 0 radical (unpaired) electrons. The SMILES string of the molecule is COc1ccc(F)cc1C(=O)Cn1cnc2sc(C)c(-c3ccccc3)c2c1=O. The predicted molar refractivity (Wildman–Crippen MR) is 111 cm³/mol. The third kappa shape index (κ3) is 3.45. The quantitative estimate of drug-likeness (QED) is 0.457. The van der Waals surface area contributed by atoms with Gasteiger partial charge in [0.2, 0.25) is 0 Å². The number of halogens is 1. The smallest absolute Gasteiger partial charge is 0.263 e. The zero-order valence-electron chi connectivity index (χ0n) is 15.8. The van der Waals surface area contributed by atoms with Gasteiger partial charge in [-0.05, 0) is 30.7 Å². The Morgan fingerprint density at radius 3 is 2.69 bits per heavy atom. The fourth-order valence-corrected chi connectivity index (χ4v) is 4.34. The number of benzene rings is 2. The fraction of sp³-hybridized carbons (Fsp3) is 0.136. The van der Waals surface area contributed by atoms with E-state index < -0.39 is 11.6 Å². The number of methoxy groups -OCH3 is 1. The van der Waals surface area contributed by atoms with Gasteiger partial charge in [-0.25, -0.2) is 9.37 Å². The summed E-state index contributed by atoms with van der Waals surface area (Å²) >= 11 is 1.44. The first-order valence-corrected chi connectivity index (χ1v) is 9.72. The Balaban J connectivity index is 1.80. The number of ketones is 1. The summed E-state index contributed by atoms with van der Waals surface area (Å²) in [6, 6.07) is 13.3. The molecule has 0 atom stereocenters. The van der Waals surface area contributed by atoms with Crippen molar-refractivity contribution >= 4 is 27.3 Å². The molecule has 2 aromatic carbocycles. The molecule has 0 saturated carbocycles. The van der Waals surface area contributed by atoms with Crippen molar-refractivity contribution in [2.75, 3.05) is 7.11 Å². The van der Waals surface area contributed by atoms with Crippen LogP contribution >= 0.6 is 11.3 Å². The molecule has 4 rings (SSSR count). The van der Waals surface area contributed by atoms with Crippen molar-refractivity contribution in [3.05, 3.63) is 81.5 Å². The van der Waals surface area contributed by atoms with Gasteiger partial charge < -0.3 is 4.74 Å². The van der Waals surface area contributed by atoms with E-state index in [1.54, 1.807) is 0 Å². The van der Waals surface area contributed by atoms with E-state index in [1.807, 2.05) is 37.3 Å². The lowest BCUT2D eigenvalue weighted by Gasteiger charge is -2.09. The van der Waals surface area contributed by atoms with Crippen molar-refractivity contribution in [2.45, 2.75) is 13.5 Å². The highest BCUT2D eigenvalue weighted by Gasteiger charge is 2.19. The number of fused-ring (bicyclic) bond motifs is 1. The van der Waals surface area contributed by atoms with Gasteiger partial charge in [-0.1, -0.05) is 30.3 Å². The molecule has 4 aromatic rings. The minimum atomic E-state index is -0.546. The summed E-state index contributed by atoms with van der Waals surface area (Å²) in [6.45, 7) is 1.69. The Hall–Kier alpha value is -3.32. The molecule has 0 aliphatic carbocycles. The topological polar surface area (TPSA) is 61.2 Å². The van der Waals surface area contributed by atoms with Crippen molar-refractivity contribution < 1.29 is 13.9 Å². The van der Waals surface area contributed by atoms with E-state index in [0.717, 1.165) is 22.1 Å². The average Bonchev–Trinajstić information content (AvgIpc) is 3.07. The molecule has 0 aliphatic rings. The highest BCUT2D eigenvalue weighted by Crippen LogP contribution is 2.35. The zero-order valence-corrected chi connectivity index (χ0v) is 16.6. The Morgan fingerprint density at radius 1 is 1.21 bits per heavy atom. The molecule has 146 valence electrons. The molecule has 0 unspecified atom stereocenters. The largest absolute Gasteiger partial charge is 0.496 e. The van der Waals surface area contributed by atoms with E-state index in [2.05, 4.69) is 4.98 Å². The average molecular weight is 408 g/mol.